The molecule has 1 saturated heterocycles. The molecule has 0 bridgehead atoms. The van der Waals surface area contributed by atoms with Gasteiger partial charge < -0.3 is 4.90 Å². The van der Waals surface area contributed by atoms with Crippen LogP contribution in [-0.4, -0.2) is 13.1 Å². The zero-order chi connectivity index (χ0) is 13.2. The van der Waals surface area contributed by atoms with Crippen molar-refractivity contribution < 1.29 is 0 Å². The van der Waals surface area contributed by atoms with Gasteiger partial charge in [-0.1, -0.05) is 40.2 Å². The molecule has 1 aliphatic heterocycles. The molecule has 98 valence electrons. The molecule has 0 N–H and O–H groups in total. The van der Waals surface area contributed by atoms with Gasteiger partial charge in [0.05, 0.1) is 0 Å². The third-order valence-corrected chi connectivity index (χ3v) is 4.37. The van der Waals surface area contributed by atoms with Crippen molar-refractivity contribution in [2.75, 3.05) is 18.0 Å². The number of rotatable bonds is 2. The van der Waals surface area contributed by atoms with Gasteiger partial charge in [-0.25, -0.2) is 0 Å². The van der Waals surface area contributed by atoms with Crippen LogP contribution in [0.15, 0.2) is 53.0 Å². The van der Waals surface area contributed by atoms with E-state index in [1.54, 1.807) is 0 Å². The lowest BCUT2D eigenvalue weighted by molar-refractivity contribution is 0.774. The van der Waals surface area contributed by atoms with Crippen molar-refractivity contribution >= 4 is 21.6 Å². The molecule has 2 aromatic rings. The van der Waals surface area contributed by atoms with Crippen molar-refractivity contribution in [2.45, 2.75) is 19.3 Å². The fourth-order valence-corrected chi connectivity index (χ4v) is 3.27. The molecule has 19 heavy (non-hydrogen) atoms. The van der Waals surface area contributed by atoms with E-state index in [0.717, 1.165) is 13.1 Å². The Kier molecular flexibility index (Phi) is 3.61. The molecule has 0 radical (unpaired) electrons. The van der Waals surface area contributed by atoms with E-state index < -0.39 is 0 Å². The number of halogens is 1. The third-order valence-electron chi connectivity index (χ3n) is 3.88. The SMILES string of the molecule is Cc1cccc(N2CCC(c3cccc(Br)c3)C2)c1. The second kappa shape index (κ2) is 5.38. The molecular formula is C17H18BrN. The van der Waals surface area contributed by atoms with E-state index in [1.165, 1.54) is 27.7 Å². The average Bonchev–Trinajstić information content (AvgIpc) is 2.88. The summed E-state index contributed by atoms with van der Waals surface area (Å²) < 4.78 is 1.18. The van der Waals surface area contributed by atoms with Crippen molar-refractivity contribution in [1.29, 1.82) is 0 Å². The molecule has 0 saturated carbocycles. The molecule has 1 aliphatic rings. The molecule has 0 aliphatic carbocycles. The highest BCUT2D eigenvalue weighted by atomic mass is 79.9. The first-order chi connectivity index (χ1) is 9.22. The second-order valence-electron chi connectivity index (χ2n) is 5.33. The first-order valence-electron chi connectivity index (χ1n) is 6.79. The molecule has 1 heterocycles. The summed E-state index contributed by atoms with van der Waals surface area (Å²) in [6, 6.07) is 17.5. The molecular weight excluding hydrogens is 298 g/mol. The molecule has 1 fully saturated rings. The summed E-state index contributed by atoms with van der Waals surface area (Å²) in [5.74, 6) is 0.651. The predicted octanol–water partition coefficient (Wildman–Crippen LogP) is 4.75. The van der Waals surface area contributed by atoms with Gasteiger partial charge in [-0.15, -0.1) is 0 Å². The quantitative estimate of drug-likeness (QED) is 0.773. The first-order valence-corrected chi connectivity index (χ1v) is 7.59. The summed E-state index contributed by atoms with van der Waals surface area (Å²) in [5, 5.41) is 0. The van der Waals surface area contributed by atoms with Crippen LogP contribution in [0, 0.1) is 6.92 Å². The minimum Gasteiger partial charge on any atom is -0.371 e. The van der Waals surface area contributed by atoms with Gasteiger partial charge in [0, 0.05) is 29.2 Å². The van der Waals surface area contributed by atoms with E-state index in [1.807, 2.05) is 0 Å². The number of nitrogens with zero attached hydrogens (tertiary/aromatic N) is 1. The standard InChI is InChI=1S/C17H18BrN/c1-13-4-2-7-17(10-13)19-9-8-15(12-19)14-5-3-6-16(18)11-14/h2-7,10-11,15H,8-9,12H2,1H3. The normalized spacial score (nSPS) is 18.8. The molecule has 1 atom stereocenters. The van der Waals surface area contributed by atoms with Gasteiger partial charge in [0.25, 0.3) is 0 Å². The van der Waals surface area contributed by atoms with E-state index in [4.69, 9.17) is 0 Å². The number of anilines is 1. The van der Waals surface area contributed by atoms with E-state index in [2.05, 4.69) is 76.3 Å². The van der Waals surface area contributed by atoms with Crippen LogP contribution in [0.2, 0.25) is 0 Å². The lowest BCUT2D eigenvalue weighted by Crippen LogP contribution is -2.19. The molecule has 0 aromatic heterocycles. The van der Waals surface area contributed by atoms with Gasteiger partial charge in [-0.05, 0) is 48.7 Å². The van der Waals surface area contributed by atoms with Gasteiger partial charge in [-0.2, -0.15) is 0 Å². The van der Waals surface area contributed by atoms with Crippen LogP contribution in [0.5, 0.6) is 0 Å². The number of hydrogen-bond acceptors (Lipinski definition) is 1. The van der Waals surface area contributed by atoms with E-state index >= 15 is 0 Å². The Labute approximate surface area is 123 Å². The van der Waals surface area contributed by atoms with Crippen molar-refractivity contribution in [2.24, 2.45) is 0 Å². The lowest BCUT2D eigenvalue weighted by atomic mass is 9.99. The fraction of sp³-hybridized carbons (Fsp3) is 0.294. The van der Waals surface area contributed by atoms with Gasteiger partial charge in [0.1, 0.15) is 0 Å². The second-order valence-corrected chi connectivity index (χ2v) is 6.24. The number of hydrogen-bond donors (Lipinski definition) is 0. The molecule has 2 heteroatoms. The van der Waals surface area contributed by atoms with E-state index in [9.17, 15) is 0 Å². The first kappa shape index (κ1) is 12.7. The van der Waals surface area contributed by atoms with Gasteiger partial charge in [0.2, 0.25) is 0 Å². The Morgan fingerprint density at radius 3 is 2.74 bits per heavy atom. The van der Waals surface area contributed by atoms with Crippen molar-refractivity contribution in [1.82, 2.24) is 0 Å². The largest absolute Gasteiger partial charge is 0.371 e. The van der Waals surface area contributed by atoms with Gasteiger partial charge in [-0.3, -0.25) is 0 Å². The minimum atomic E-state index is 0.651. The summed E-state index contributed by atoms with van der Waals surface area (Å²) in [4.78, 5) is 2.50. The fourth-order valence-electron chi connectivity index (χ4n) is 2.85. The Morgan fingerprint density at radius 1 is 1.11 bits per heavy atom. The zero-order valence-corrected chi connectivity index (χ0v) is 12.7. The maximum absolute atomic E-state index is 3.57. The molecule has 3 rings (SSSR count). The Balaban J connectivity index is 1.77. The van der Waals surface area contributed by atoms with Crippen LogP contribution in [0.1, 0.15) is 23.5 Å². The maximum atomic E-state index is 3.57. The number of aryl methyl sites for hydroxylation is 1. The van der Waals surface area contributed by atoms with Crippen molar-refractivity contribution in [3.8, 4) is 0 Å². The van der Waals surface area contributed by atoms with Crippen molar-refractivity contribution in [3.63, 3.8) is 0 Å². The smallest absolute Gasteiger partial charge is 0.0369 e. The Hall–Kier alpha value is -1.28. The highest BCUT2D eigenvalue weighted by Gasteiger charge is 2.24. The van der Waals surface area contributed by atoms with Gasteiger partial charge in [0.15, 0.2) is 0 Å². The molecule has 1 unspecified atom stereocenters. The average molecular weight is 316 g/mol. The molecule has 0 spiro atoms. The van der Waals surface area contributed by atoms with E-state index in [-0.39, 0.29) is 0 Å². The third kappa shape index (κ3) is 2.84. The predicted molar refractivity (Wildman–Crippen MR) is 84.9 cm³/mol. The van der Waals surface area contributed by atoms with Crippen molar-refractivity contribution in [3.05, 3.63) is 64.1 Å². The summed E-state index contributed by atoms with van der Waals surface area (Å²) in [6.07, 6.45) is 1.24. The topological polar surface area (TPSA) is 3.24 Å². The van der Waals surface area contributed by atoms with E-state index in [0.29, 0.717) is 5.92 Å². The summed E-state index contributed by atoms with van der Waals surface area (Å²) in [5.41, 5.74) is 4.14. The maximum Gasteiger partial charge on any atom is 0.0369 e. The minimum absolute atomic E-state index is 0.651. The zero-order valence-electron chi connectivity index (χ0n) is 11.1. The van der Waals surface area contributed by atoms with Gasteiger partial charge >= 0.3 is 0 Å². The van der Waals surface area contributed by atoms with Crippen LogP contribution >= 0.6 is 15.9 Å². The Bertz CT molecular complexity index is 527. The molecule has 0 amide bonds. The monoisotopic (exact) mass is 315 g/mol. The summed E-state index contributed by atoms with van der Waals surface area (Å²) in [6.45, 7) is 4.44. The van der Waals surface area contributed by atoms with Crippen LogP contribution < -0.4 is 4.90 Å². The molecule has 2 aromatic carbocycles. The van der Waals surface area contributed by atoms with Crippen LogP contribution in [0.25, 0.3) is 0 Å². The Morgan fingerprint density at radius 2 is 1.95 bits per heavy atom. The van der Waals surface area contributed by atoms with Crippen LogP contribution in [0.3, 0.4) is 0 Å². The highest BCUT2D eigenvalue weighted by Crippen LogP contribution is 2.31. The lowest BCUT2D eigenvalue weighted by Gasteiger charge is -2.19. The van der Waals surface area contributed by atoms with Crippen LogP contribution in [0.4, 0.5) is 5.69 Å². The molecule has 1 nitrogen and oxygen atoms in total. The number of benzene rings is 2. The summed E-state index contributed by atoms with van der Waals surface area (Å²) in [7, 11) is 0. The highest BCUT2D eigenvalue weighted by molar-refractivity contribution is 9.10. The van der Waals surface area contributed by atoms with Crippen LogP contribution in [-0.2, 0) is 0 Å². The summed E-state index contributed by atoms with van der Waals surface area (Å²) >= 11 is 3.57.